The predicted molar refractivity (Wildman–Crippen MR) is 93.7 cm³/mol. The van der Waals surface area contributed by atoms with Crippen LogP contribution in [0.25, 0.3) is 0 Å². The Morgan fingerprint density at radius 2 is 2.04 bits per heavy atom. The van der Waals surface area contributed by atoms with Crippen molar-refractivity contribution in [3.63, 3.8) is 0 Å². The number of piperidine rings is 1. The third kappa shape index (κ3) is 5.59. The fourth-order valence-electron chi connectivity index (χ4n) is 2.82. The summed E-state index contributed by atoms with van der Waals surface area (Å²) in [6.45, 7) is 4.97. The normalized spacial score (nSPS) is 20.3. The molecule has 1 aromatic rings. The molecule has 1 saturated heterocycles. The summed E-state index contributed by atoms with van der Waals surface area (Å²) in [7, 11) is 3.20. The van der Waals surface area contributed by atoms with Crippen LogP contribution in [0.15, 0.2) is 18.2 Å². The first-order valence-electron chi connectivity index (χ1n) is 7.75. The van der Waals surface area contributed by atoms with E-state index in [4.69, 9.17) is 9.47 Å². The van der Waals surface area contributed by atoms with Crippen molar-refractivity contribution < 1.29 is 14.3 Å². The molecule has 0 aliphatic carbocycles. The summed E-state index contributed by atoms with van der Waals surface area (Å²) in [4.78, 5) is 12.1. The van der Waals surface area contributed by atoms with Crippen LogP contribution in [0.1, 0.15) is 25.3 Å². The van der Waals surface area contributed by atoms with Crippen LogP contribution in [0.3, 0.4) is 0 Å². The molecular formula is C17H27ClN2O3. The Morgan fingerprint density at radius 1 is 1.30 bits per heavy atom. The second-order valence-corrected chi connectivity index (χ2v) is 6.23. The van der Waals surface area contributed by atoms with Crippen molar-refractivity contribution in [2.45, 2.75) is 26.2 Å². The summed E-state index contributed by atoms with van der Waals surface area (Å²) in [6, 6.07) is 5.57. The van der Waals surface area contributed by atoms with Crippen LogP contribution in [0.4, 0.5) is 0 Å². The van der Waals surface area contributed by atoms with E-state index in [-0.39, 0.29) is 23.7 Å². The summed E-state index contributed by atoms with van der Waals surface area (Å²) in [5.74, 6) is 1.36. The first kappa shape index (κ1) is 19.6. The molecule has 1 fully saturated rings. The van der Waals surface area contributed by atoms with Crippen LogP contribution < -0.4 is 20.1 Å². The molecule has 0 spiro atoms. The van der Waals surface area contributed by atoms with Crippen LogP contribution in [-0.2, 0) is 11.2 Å². The minimum atomic E-state index is 0. The summed E-state index contributed by atoms with van der Waals surface area (Å²) in [5, 5.41) is 6.45. The molecule has 2 rings (SSSR count). The lowest BCUT2D eigenvalue weighted by Gasteiger charge is -2.34. The van der Waals surface area contributed by atoms with Gasteiger partial charge in [-0.2, -0.15) is 0 Å². The highest BCUT2D eigenvalue weighted by atomic mass is 35.5. The first-order chi connectivity index (χ1) is 10.6. The molecule has 1 aliphatic rings. The molecule has 1 aromatic carbocycles. The maximum absolute atomic E-state index is 12.1. The molecule has 23 heavy (non-hydrogen) atoms. The number of amides is 1. The van der Waals surface area contributed by atoms with Gasteiger partial charge in [0.2, 0.25) is 5.91 Å². The molecule has 0 bridgehead atoms. The highest BCUT2D eigenvalue weighted by molar-refractivity contribution is 5.85. The van der Waals surface area contributed by atoms with Gasteiger partial charge in [-0.25, -0.2) is 0 Å². The van der Waals surface area contributed by atoms with Crippen molar-refractivity contribution in [3.05, 3.63) is 23.8 Å². The molecule has 0 saturated carbocycles. The lowest BCUT2D eigenvalue weighted by atomic mass is 9.83. The SMILES string of the molecule is COc1ccc(CC(=O)NCC2(C)CCCNC2)cc1OC.Cl. The Bertz CT molecular complexity index is 517. The maximum atomic E-state index is 12.1. The quantitative estimate of drug-likeness (QED) is 0.832. The first-order valence-corrected chi connectivity index (χ1v) is 7.75. The number of methoxy groups -OCH3 is 2. The second kappa shape index (κ2) is 8.99. The Balaban J connectivity index is 0.00000264. The summed E-state index contributed by atoms with van der Waals surface area (Å²) >= 11 is 0. The van der Waals surface area contributed by atoms with E-state index < -0.39 is 0 Å². The van der Waals surface area contributed by atoms with Gasteiger partial charge in [-0.1, -0.05) is 13.0 Å². The number of benzene rings is 1. The minimum Gasteiger partial charge on any atom is -0.493 e. The van der Waals surface area contributed by atoms with E-state index in [2.05, 4.69) is 17.6 Å². The molecular weight excluding hydrogens is 316 g/mol. The van der Waals surface area contributed by atoms with Gasteiger partial charge in [-0.05, 0) is 42.5 Å². The van der Waals surface area contributed by atoms with Gasteiger partial charge in [-0.3, -0.25) is 4.79 Å². The number of nitrogens with one attached hydrogen (secondary N) is 2. The number of carbonyl (C=O) groups is 1. The van der Waals surface area contributed by atoms with E-state index in [0.717, 1.165) is 25.1 Å². The zero-order valence-corrected chi connectivity index (χ0v) is 14.9. The zero-order valence-electron chi connectivity index (χ0n) is 14.1. The third-order valence-electron chi connectivity index (χ3n) is 4.21. The molecule has 1 atom stereocenters. The Labute approximate surface area is 144 Å². The van der Waals surface area contributed by atoms with Gasteiger partial charge in [0.25, 0.3) is 0 Å². The molecule has 5 nitrogen and oxygen atoms in total. The number of hydrogen-bond acceptors (Lipinski definition) is 4. The van der Waals surface area contributed by atoms with Gasteiger partial charge in [0, 0.05) is 13.1 Å². The molecule has 1 aliphatic heterocycles. The van der Waals surface area contributed by atoms with Crippen molar-refractivity contribution in [3.8, 4) is 11.5 Å². The standard InChI is InChI=1S/C17H26N2O3.ClH/c1-17(7-4-8-18-11-17)12-19-16(20)10-13-5-6-14(21-2)15(9-13)22-3;/h5-6,9,18H,4,7-8,10-12H2,1-3H3,(H,19,20);1H. The van der Waals surface area contributed by atoms with Gasteiger partial charge in [0.1, 0.15) is 0 Å². The van der Waals surface area contributed by atoms with Gasteiger partial charge >= 0.3 is 0 Å². The van der Waals surface area contributed by atoms with Crippen molar-refractivity contribution >= 4 is 18.3 Å². The lowest BCUT2D eigenvalue weighted by Crippen LogP contribution is -2.45. The van der Waals surface area contributed by atoms with Crippen LogP contribution in [0.5, 0.6) is 11.5 Å². The number of rotatable bonds is 6. The summed E-state index contributed by atoms with van der Waals surface area (Å²) in [6.07, 6.45) is 2.67. The van der Waals surface area contributed by atoms with E-state index in [1.807, 2.05) is 18.2 Å². The van der Waals surface area contributed by atoms with Gasteiger partial charge in [-0.15, -0.1) is 12.4 Å². The molecule has 130 valence electrons. The molecule has 2 N–H and O–H groups in total. The predicted octanol–water partition coefficient (Wildman–Crippen LogP) is 2.17. The van der Waals surface area contributed by atoms with E-state index in [9.17, 15) is 4.79 Å². The van der Waals surface area contributed by atoms with E-state index >= 15 is 0 Å². The Kier molecular flexibility index (Phi) is 7.65. The largest absolute Gasteiger partial charge is 0.493 e. The summed E-state index contributed by atoms with van der Waals surface area (Å²) in [5.41, 5.74) is 1.08. The van der Waals surface area contributed by atoms with E-state index in [1.165, 1.54) is 6.42 Å². The van der Waals surface area contributed by atoms with E-state index in [0.29, 0.717) is 24.5 Å². The van der Waals surface area contributed by atoms with Crippen LogP contribution in [-0.4, -0.2) is 39.8 Å². The lowest BCUT2D eigenvalue weighted by molar-refractivity contribution is -0.121. The molecule has 1 amide bonds. The van der Waals surface area contributed by atoms with Gasteiger partial charge in [0.15, 0.2) is 11.5 Å². The van der Waals surface area contributed by atoms with Crippen LogP contribution in [0, 0.1) is 5.41 Å². The minimum absolute atomic E-state index is 0. The fourth-order valence-corrected chi connectivity index (χ4v) is 2.82. The number of carbonyl (C=O) groups excluding carboxylic acids is 1. The highest BCUT2D eigenvalue weighted by Gasteiger charge is 2.26. The average Bonchev–Trinajstić information content (AvgIpc) is 2.53. The second-order valence-electron chi connectivity index (χ2n) is 6.23. The van der Waals surface area contributed by atoms with Crippen molar-refractivity contribution in [1.82, 2.24) is 10.6 Å². The average molecular weight is 343 g/mol. The molecule has 6 heteroatoms. The number of halogens is 1. The maximum Gasteiger partial charge on any atom is 0.224 e. The Morgan fingerprint density at radius 3 is 2.65 bits per heavy atom. The molecule has 1 heterocycles. The Hall–Kier alpha value is -1.46. The number of hydrogen-bond donors (Lipinski definition) is 2. The third-order valence-corrected chi connectivity index (χ3v) is 4.21. The molecule has 1 unspecified atom stereocenters. The molecule has 0 radical (unpaired) electrons. The van der Waals surface area contributed by atoms with Crippen LogP contribution >= 0.6 is 12.4 Å². The highest BCUT2D eigenvalue weighted by Crippen LogP contribution is 2.28. The van der Waals surface area contributed by atoms with Gasteiger partial charge in [0.05, 0.1) is 20.6 Å². The van der Waals surface area contributed by atoms with Gasteiger partial charge < -0.3 is 20.1 Å². The van der Waals surface area contributed by atoms with Crippen molar-refractivity contribution in [2.24, 2.45) is 5.41 Å². The smallest absolute Gasteiger partial charge is 0.224 e. The van der Waals surface area contributed by atoms with Crippen molar-refractivity contribution in [1.29, 1.82) is 0 Å². The van der Waals surface area contributed by atoms with Crippen LogP contribution in [0.2, 0.25) is 0 Å². The monoisotopic (exact) mass is 342 g/mol. The topological polar surface area (TPSA) is 59.6 Å². The number of ether oxygens (including phenoxy) is 2. The summed E-state index contributed by atoms with van der Waals surface area (Å²) < 4.78 is 10.5. The van der Waals surface area contributed by atoms with Crippen molar-refractivity contribution in [2.75, 3.05) is 33.9 Å². The zero-order chi connectivity index (χ0) is 16.0. The fraction of sp³-hybridized carbons (Fsp3) is 0.588. The molecule has 0 aromatic heterocycles. The van der Waals surface area contributed by atoms with E-state index in [1.54, 1.807) is 14.2 Å².